The summed E-state index contributed by atoms with van der Waals surface area (Å²) in [4.78, 5) is 23.9. The first kappa shape index (κ1) is 27.2. The molecule has 2 aromatic rings. The summed E-state index contributed by atoms with van der Waals surface area (Å²) in [6, 6.07) is 20.9. The molecule has 0 radical (unpaired) electrons. The van der Waals surface area contributed by atoms with E-state index in [2.05, 4.69) is 58.3 Å². The van der Waals surface area contributed by atoms with Crippen LogP contribution in [0.15, 0.2) is 72.8 Å². The Bertz CT molecular complexity index is 825. The Kier molecular flexibility index (Phi) is 12.0. The van der Waals surface area contributed by atoms with Gasteiger partial charge in [-0.25, -0.2) is 9.59 Å². The van der Waals surface area contributed by atoms with Crippen LogP contribution < -0.4 is 0 Å². The maximum absolute atomic E-state index is 9.55. The second-order valence-corrected chi connectivity index (χ2v) is 8.07. The zero-order chi connectivity index (χ0) is 24.8. The predicted molar refractivity (Wildman–Crippen MR) is 130 cm³/mol. The van der Waals surface area contributed by atoms with Crippen LogP contribution in [0.5, 0.6) is 0 Å². The zero-order valence-electron chi connectivity index (χ0n) is 19.5. The molecule has 0 aromatic heterocycles. The minimum atomic E-state index is -1.26. The van der Waals surface area contributed by atoms with E-state index in [1.54, 1.807) is 0 Å². The fraction of sp³-hybridized carbons (Fsp3) is 0.385. The maximum Gasteiger partial charge on any atom is 0.328 e. The smallest absolute Gasteiger partial charge is 0.328 e. The number of hydrogen-bond donors (Lipinski definition) is 3. The van der Waals surface area contributed by atoms with E-state index >= 15 is 0 Å². The van der Waals surface area contributed by atoms with Gasteiger partial charge in [0.05, 0.1) is 12.7 Å². The third-order valence-electron chi connectivity index (χ3n) is 5.25. The number of aliphatic carboxylic acids is 2. The van der Waals surface area contributed by atoms with Crippen molar-refractivity contribution in [2.24, 2.45) is 0 Å². The lowest BCUT2D eigenvalue weighted by Crippen LogP contribution is -2.48. The van der Waals surface area contributed by atoms with Gasteiger partial charge in [0.25, 0.3) is 0 Å². The molecule has 0 spiro atoms. The van der Waals surface area contributed by atoms with Gasteiger partial charge in [0.1, 0.15) is 6.10 Å². The summed E-state index contributed by atoms with van der Waals surface area (Å²) in [6.45, 7) is 8.40. The molecular formula is C26H34N2O6. The third kappa shape index (κ3) is 10.7. The highest BCUT2D eigenvalue weighted by Crippen LogP contribution is 2.25. The maximum atomic E-state index is 9.55. The fourth-order valence-electron chi connectivity index (χ4n) is 3.65. The fourth-order valence-corrected chi connectivity index (χ4v) is 3.65. The van der Waals surface area contributed by atoms with E-state index in [-0.39, 0.29) is 12.2 Å². The second-order valence-electron chi connectivity index (χ2n) is 8.07. The molecule has 8 nitrogen and oxygen atoms in total. The molecule has 3 N–H and O–H groups in total. The standard InChI is InChI=1S/C22H30N2O2.C4H4O4/c1-19(25)18-24-14-12-23(13-15-24)16-17-26-22(20-8-4-2-5-9-20)21-10-6-3-7-11-21;5-3(6)1-2-4(7)8/h2-11,19,22,25H,12-18H2,1H3;1-2H,(H,5,6)(H,7,8)/b;2-1+/t19-;/m0./s1. The van der Waals surface area contributed by atoms with Crippen molar-refractivity contribution in [1.82, 2.24) is 9.80 Å². The number of aliphatic hydroxyl groups excluding tert-OH is 1. The van der Waals surface area contributed by atoms with Crippen LogP contribution in [0.25, 0.3) is 0 Å². The van der Waals surface area contributed by atoms with Crippen molar-refractivity contribution in [3.63, 3.8) is 0 Å². The molecule has 1 fully saturated rings. The summed E-state index contributed by atoms with van der Waals surface area (Å²) in [5, 5.41) is 25.1. The molecule has 2 aromatic carbocycles. The van der Waals surface area contributed by atoms with Crippen LogP contribution >= 0.6 is 0 Å². The van der Waals surface area contributed by atoms with Crippen molar-refractivity contribution in [2.45, 2.75) is 19.1 Å². The zero-order valence-corrected chi connectivity index (χ0v) is 19.5. The van der Waals surface area contributed by atoms with E-state index in [4.69, 9.17) is 14.9 Å². The van der Waals surface area contributed by atoms with Gasteiger partial charge in [-0.3, -0.25) is 9.80 Å². The summed E-state index contributed by atoms with van der Waals surface area (Å²) < 4.78 is 6.31. The van der Waals surface area contributed by atoms with Crippen molar-refractivity contribution in [3.8, 4) is 0 Å². The molecule has 184 valence electrons. The van der Waals surface area contributed by atoms with Gasteiger partial charge >= 0.3 is 11.9 Å². The highest BCUT2D eigenvalue weighted by atomic mass is 16.5. The summed E-state index contributed by atoms with van der Waals surface area (Å²) in [7, 11) is 0. The van der Waals surface area contributed by atoms with Gasteiger partial charge in [-0.2, -0.15) is 0 Å². The average Bonchev–Trinajstić information content (AvgIpc) is 2.83. The molecule has 0 saturated carbocycles. The first-order chi connectivity index (χ1) is 16.3. The Labute approximate surface area is 200 Å². The molecule has 0 aliphatic carbocycles. The Morgan fingerprint density at radius 1 is 0.853 bits per heavy atom. The largest absolute Gasteiger partial charge is 0.478 e. The van der Waals surface area contributed by atoms with Crippen LogP contribution in [0.3, 0.4) is 0 Å². The lowest BCUT2D eigenvalue weighted by molar-refractivity contribution is -0.134. The summed E-state index contributed by atoms with van der Waals surface area (Å²) in [5.41, 5.74) is 2.39. The molecule has 0 bridgehead atoms. The highest BCUT2D eigenvalue weighted by Gasteiger charge is 2.19. The van der Waals surface area contributed by atoms with Gasteiger partial charge in [0, 0.05) is 51.4 Å². The number of rotatable bonds is 10. The van der Waals surface area contributed by atoms with Gasteiger partial charge in [-0.05, 0) is 18.1 Å². The van der Waals surface area contributed by atoms with E-state index in [9.17, 15) is 14.7 Å². The monoisotopic (exact) mass is 470 g/mol. The molecule has 1 atom stereocenters. The molecular weight excluding hydrogens is 436 g/mol. The first-order valence-corrected chi connectivity index (χ1v) is 11.3. The van der Waals surface area contributed by atoms with Crippen molar-refractivity contribution >= 4 is 11.9 Å². The molecule has 1 aliphatic heterocycles. The molecule has 1 saturated heterocycles. The van der Waals surface area contributed by atoms with Crippen LogP contribution in [0.2, 0.25) is 0 Å². The van der Waals surface area contributed by atoms with E-state index in [1.807, 2.05) is 19.1 Å². The summed E-state index contributed by atoms with van der Waals surface area (Å²) >= 11 is 0. The van der Waals surface area contributed by atoms with Crippen molar-refractivity contribution in [1.29, 1.82) is 0 Å². The van der Waals surface area contributed by atoms with Gasteiger partial charge in [-0.15, -0.1) is 0 Å². The van der Waals surface area contributed by atoms with E-state index in [0.717, 1.165) is 39.3 Å². The van der Waals surface area contributed by atoms with Crippen LogP contribution in [-0.4, -0.2) is 89.0 Å². The van der Waals surface area contributed by atoms with Gasteiger partial charge in [0.15, 0.2) is 0 Å². The molecule has 0 unspecified atom stereocenters. The Morgan fingerprint density at radius 2 is 1.29 bits per heavy atom. The average molecular weight is 471 g/mol. The van der Waals surface area contributed by atoms with E-state index in [0.29, 0.717) is 18.8 Å². The normalized spacial score (nSPS) is 15.6. The Hall–Kier alpha value is -3.04. The summed E-state index contributed by atoms with van der Waals surface area (Å²) in [6.07, 6.45) is 0.848. The molecule has 3 rings (SSSR count). The molecule has 8 heteroatoms. The number of hydrogen-bond acceptors (Lipinski definition) is 6. The van der Waals surface area contributed by atoms with Gasteiger partial charge < -0.3 is 20.1 Å². The third-order valence-corrected chi connectivity index (χ3v) is 5.25. The summed E-state index contributed by atoms with van der Waals surface area (Å²) in [5.74, 6) is -2.51. The SMILES string of the molecule is C[C@H](O)CN1CCN(CCOC(c2ccccc2)c2ccccc2)CC1.O=C(O)/C=C/C(=O)O. The highest BCUT2D eigenvalue weighted by molar-refractivity contribution is 5.89. The number of carboxylic acid groups (broad SMARTS) is 2. The minimum absolute atomic E-state index is 0.0195. The lowest BCUT2D eigenvalue weighted by Gasteiger charge is -2.35. The van der Waals surface area contributed by atoms with Crippen LogP contribution in [0, 0.1) is 0 Å². The number of carboxylic acids is 2. The van der Waals surface area contributed by atoms with E-state index < -0.39 is 11.9 Å². The first-order valence-electron chi connectivity index (χ1n) is 11.3. The second kappa shape index (κ2) is 15.0. The van der Waals surface area contributed by atoms with Crippen molar-refractivity contribution in [2.75, 3.05) is 45.9 Å². The van der Waals surface area contributed by atoms with Crippen LogP contribution in [0.4, 0.5) is 0 Å². The minimum Gasteiger partial charge on any atom is -0.478 e. The quantitative estimate of drug-likeness (QED) is 0.455. The lowest BCUT2D eigenvalue weighted by atomic mass is 10.0. The number of piperazine rings is 1. The van der Waals surface area contributed by atoms with Gasteiger partial charge in [-0.1, -0.05) is 60.7 Å². The molecule has 34 heavy (non-hydrogen) atoms. The number of ether oxygens (including phenoxy) is 1. The van der Waals surface area contributed by atoms with E-state index in [1.165, 1.54) is 11.1 Å². The topological polar surface area (TPSA) is 111 Å². The molecule has 0 amide bonds. The number of aliphatic hydroxyl groups is 1. The molecule has 1 heterocycles. The number of carbonyl (C=O) groups is 2. The Morgan fingerprint density at radius 3 is 1.71 bits per heavy atom. The number of nitrogens with zero attached hydrogens (tertiary/aromatic N) is 2. The van der Waals surface area contributed by atoms with Crippen molar-refractivity contribution in [3.05, 3.63) is 83.9 Å². The number of β-amino-alcohol motifs (C(OH)–C–C–N with tert-alkyl or cyclic N) is 1. The number of benzene rings is 2. The molecule has 1 aliphatic rings. The van der Waals surface area contributed by atoms with Crippen molar-refractivity contribution < 1.29 is 29.6 Å². The van der Waals surface area contributed by atoms with Crippen LogP contribution in [-0.2, 0) is 14.3 Å². The van der Waals surface area contributed by atoms with Gasteiger partial charge in [0.2, 0.25) is 0 Å². The Balaban J connectivity index is 0.000000440. The predicted octanol–water partition coefficient (Wildman–Crippen LogP) is 2.50. The van der Waals surface area contributed by atoms with Crippen LogP contribution in [0.1, 0.15) is 24.2 Å².